The second-order valence-corrected chi connectivity index (χ2v) is 6.33. The Morgan fingerprint density at radius 2 is 1.92 bits per heavy atom. The van der Waals surface area contributed by atoms with Gasteiger partial charge in [-0.3, -0.25) is 4.79 Å². The first-order chi connectivity index (χ1) is 11.5. The molecular weight excluding hydrogens is 306 g/mol. The van der Waals surface area contributed by atoms with Gasteiger partial charge in [0.25, 0.3) is 5.91 Å². The summed E-state index contributed by atoms with van der Waals surface area (Å²) in [5.74, 6) is -0.0470. The molecule has 128 valence electrons. The molecule has 2 N–H and O–H groups in total. The molecule has 0 bridgehead atoms. The van der Waals surface area contributed by atoms with Gasteiger partial charge in [-0.1, -0.05) is 23.8 Å². The van der Waals surface area contributed by atoms with Gasteiger partial charge in [-0.15, -0.1) is 0 Å². The molecular formula is C18H23N3O3. The molecule has 3 amide bonds. The van der Waals surface area contributed by atoms with Gasteiger partial charge in [-0.05, 0) is 31.9 Å². The van der Waals surface area contributed by atoms with E-state index in [0.29, 0.717) is 37.6 Å². The van der Waals surface area contributed by atoms with E-state index in [0.717, 1.165) is 16.7 Å². The third kappa shape index (κ3) is 3.14. The lowest BCUT2D eigenvalue weighted by atomic mass is 9.90. The fraction of sp³-hybridized carbons (Fsp3) is 0.444. The molecule has 0 aromatic heterocycles. The van der Waals surface area contributed by atoms with Gasteiger partial charge in [0.2, 0.25) is 0 Å². The van der Waals surface area contributed by atoms with Crippen LogP contribution >= 0.6 is 0 Å². The summed E-state index contributed by atoms with van der Waals surface area (Å²) >= 11 is 0. The van der Waals surface area contributed by atoms with Crippen LogP contribution in [0.3, 0.4) is 0 Å². The van der Waals surface area contributed by atoms with Crippen molar-refractivity contribution in [3.05, 3.63) is 46.2 Å². The van der Waals surface area contributed by atoms with Gasteiger partial charge in [0.15, 0.2) is 0 Å². The van der Waals surface area contributed by atoms with E-state index in [4.69, 9.17) is 4.74 Å². The lowest BCUT2D eigenvalue weighted by Crippen LogP contribution is -2.49. The number of morpholine rings is 1. The van der Waals surface area contributed by atoms with Crippen molar-refractivity contribution in [1.29, 1.82) is 0 Å². The summed E-state index contributed by atoms with van der Waals surface area (Å²) in [7, 11) is 0. The van der Waals surface area contributed by atoms with Crippen molar-refractivity contribution < 1.29 is 14.3 Å². The van der Waals surface area contributed by atoms with Gasteiger partial charge in [0.05, 0.1) is 24.8 Å². The molecule has 1 saturated heterocycles. The van der Waals surface area contributed by atoms with E-state index in [1.165, 1.54) is 0 Å². The minimum absolute atomic E-state index is 0.0470. The predicted octanol–water partition coefficient (Wildman–Crippen LogP) is 1.79. The van der Waals surface area contributed by atoms with Crippen LogP contribution in [0, 0.1) is 13.8 Å². The summed E-state index contributed by atoms with van der Waals surface area (Å²) in [6, 6.07) is 5.36. The van der Waals surface area contributed by atoms with E-state index < -0.39 is 6.04 Å². The molecule has 1 atom stereocenters. The van der Waals surface area contributed by atoms with Crippen molar-refractivity contribution in [2.45, 2.75) is 26.8 Å². The summed E-state index contributed by atoms with van der Waals surface area (Å²) < 4.78 is 5.33. The van der Waals surface area contributed by atoms with Gasteiger partial charge in [-0.2, -0.15) is 0 Å². The van der Waals surface area contributed by atoms with E-state index in [9.17, 15) is 9.59 Å². The van der Waals surface area contributed by atoms with Crippen molar-refractivity contribution in [1.82, 2.24) is 15.5 Å². The summed E-state index contributed by atoms with van der Waals surface area (Å²) in [6.07, 6.45) is 0. The Hall–Kier alpha value is -2.34. The Morgan fingerprint density at radius 3 is 2.62 bits per heavy atom. The number of hydrogen-bond acceptors (Lipinski definition) is 3. The summed E-state index contributed by atoms with van der Waals surface area (Å²) in [5, 5.41) is 5.65. The third-order valence-corrected chi connectivity index (χ3v) is 4.54. The molecule has 0 spiro atoms. The number of rotatable bonds is 2. The number of carbonyl (C=O) groups excluding carboxylic acids is 2. The fourth-order valence-electron chi connectivity index (χ4n) is 3.22. The van der Waals surface area contributed by atoms with Crippen LogP contribution in [0.15, 0.2) is 29.5 Å². The lowest BCUT2D eigenvalue weighted by molar-refractivity contribution is -0.131. The van der Waals surface area contributed by atoms with Crippen molar-refractivity contribution in [2.24, 2.45) is 0 Å². The largest absolute Gasteiger partial charge is 0.378 e. The maximum Gasteiger partial charge on any atom is 0.319 e. The van der Waals surface area contributed by atoms with Gasteiger partial charge >= 0.3 is 6.03 Å². The van der Waals surface area contributed by atoms with E-state index in [2.05, 4.69) is 10.6 Å². The topological polar surface area (TPSA) is 70.7 Å². The van der Waals surface area contributed by atoms with Crippen LogP contribution in [-0.4, -0.2) is 43.1 Å². The van der Waals surface area contributed by atoms with Gasteiger partial charge < -0.3 is 20.3 Å². The van der Waals surface area contributed by atoms with Gasteiger partial charge in [0, 0.05) is 18.8 Å². The Kier molecular flexibility index (Phi) is 4.57. The monoisotopic (exact) mass is 329 g/mol. The number of nitrogens with zero attached hydrogens (tertiary/aromatic N) is 1. The zero-order valence-corrected chi connectivity index (χ0v) is 14.3. The second kappa shape index (κ2) is 6.65. The molecule has 0 saturated carbocycles. The summed E-state index contributed by atoms with van der Waals surface area (Å²) in [4.78, 5) is 26.9. The van der Waals surface area contributed by atoms with Gasteiger partial charge in [0.1, 0.15) is 0 Å². The number of benzene rings is 1. The average Bonchev–Trinajstić information content (AvgIpc) is 2.56. The van der Waals surface area contributed by atoms with Crippen LogP contribution in [-0.2, 0) is 9.53 Å². The summed E-state index contributed by atoms with van der Waals surface area (Å²) in [5.41, 5.74) is 4.32. The van der Waals surface area contributed by atoms with Crippen LogP contribution in [0.4, 0.5) is 4.79 Å². The molecule has 6 nitrogen and oxygen atoms in total. The van der Waals surface area contributed by atoms with Gasteiger partial charge in [-0.25, -0.2) is 4.79 Å². The molecule has 6 heteroatoms. The van der Waals surface area contributed by atoms with Crippen molar-refractivity contribution in [2.75, 3.05) is 26.3 Å². The highest BCUT2D eigenvalue weighted by molar-refractivity contribution is 5.98. The highest BCUT2D eigenvalue weighted by Gasteiger charge is 2.34. The van der Waals surface area contributed by atoms with Crippen molar-refractivity contribution in [3.63, 3.8) is 0 Å². The highest BCUT2D eigenvalue weighted by atomic mass is 16.5. The minimum Gasteiger partial charge on any atom is -0.378 e. The Labute approximate surface area is 141 Å². The van der Waals surface area contributed by atoms with E-state index in [1.807, 2.05) is 32.0 Å². The fourth-order valence-corrected chi connectivity index (χ4v) is 3.22. The SMILES string of the molecule is CC1=C(C(=O)N2CCOCC2)[C@H](c2cc(C)ccc2C)NC(=O)N1. The molecule has 0 aliphatic carbocycles. The van der Waals surface area contributed by atoms with E-state index >= 15 is 0 Å². The lowest BCUT2D eigenvalue weighted by Gasteiger charge is -2.34. The molecule has 3 rings (SSSR count). The zero-order chi connectivity index (χ0) is 17.3. The second-order valence-electron chi connectivity index (χ2n) is 6.33. The highest BCUT2D eigenvalue weighted by Crippen LogP contribution is 2.31. The molecule has 0 unspecified atom stereocenters. The van der Waals surface area contributed by atoms with Crippen LogP contribution in [0.25, 0.3) is 0 Å². The normalized spacial score (nSPS) is 21.4. The number of hydrogen-bond donors (Lipinski definition) is 2. The quantitative estimate of drug-likeness (QED) is 0.869. The number of allylic oxidation sites excluding steroid dienone is 1. The number of urea groups is 1. The molecule has 0 radical (unpaired) electrons. The standard InChI is InChI=1S/C18H23N3O3/c1-11-4-5-12(2)14(10-11)16-15(13(3)19-18(23)20-16)17(22)21-6-8-24-9-7-21/h4-5,10,16H,6-9H2,1-3H3,(H2,19,20,23)/t16-/m0/s1. The maximum absolute atomic E-state index is 13.1. The number of carbonyl (C=O) groups is 2. The Balaban J connectivity index is 2.01. The minimum atomic E-state index is -0.436. The molecule has 2 aliphatic heterocycles. The first-order valence-electron chi connectivity index (χ1n) is 8.20. The molecule has 24 heavy (non-hydrogen) atoms. The van der Waals surface area contributed by atoms with Crippen molar-refractivity contribution in [3.8, 4) is 0 Å². The number of ether oxygens (including phenoxy) is 1. The number of aryl methyl sites for hydroxylation is 2. The average molecular weight is 329 g/mol. The first-order valence-corrected chi connectivity index (χ1v) is 8.20. The Bertz CT molecular complexity index is 705. The Morgan fingerprint density at radius 1 is 1.21 bits per heavy atom. The molecule has 1 aromatic carbocycles. The molecule has 2 aliphatic rings. The summed E-state index contributed by atoms with van der Waals surface area (Å²) in [6.45, 7) is 8.02. The third-order valence-electron chi connectivity index (χ3n) is 4.54. The predicted molar refractivity (Wildman–Crippen MR) is 90.4 cm³/mol. The van der Waals surface area contributed by atoms with Crippen LogP contribution in [0.1, 0.15) is 29.7 Å². The molecule has 1 aromatic rings. The first kappa shape index (κ1) is 16.5. The number of amides is 3. The van der Waals surface area contributed by atoms with Crippen LogP contribution in [0.2, 0.25) is 0 Å². The van der Waals surface area contributed by atoms with Crippen molar-refractivity contribution >= 4 is 11.9 Å². The zero-order valence-electron chi connectivity index (χ0n) is 14.3. The maximum atomic E-state index is 13.1. The smallest absolute Gasteiger partial charge is 0.319 e. The van der Waals surface area contributed by atoms with Crippen LogP contribution in [0.5, 0.6) is 0 Å². The molecule has 1 fully saturated rings. The van der Waals surface area contributed by atoms with E-state index in [-0.39, 0.29) is 11.9 Å². The van der Waals surface area contributed by atoms with E-state index in [1.54, 1.807) is 11.8 Å². The number of nitrogens with one attached hydrogen (secondary N) is 2. The van der Waals surface area contributed by atoms with Crippen LogP contribution < -0.4 is 10.6 Å². The molecule has 2 heterocycles.